The van der Waals surface area contributed by atoms with Gasteiger partial charge in [-0.1, -0.05) is 35.9 Å². The van der Waals surface area contributed by atoms with Crippen LogP contribution in [-0.2, 0) is 0 Å². The Bertz CT molecular complexity index is 626. The van der Waals surface area contributed by atoms with Gasteiger partial charge in [0.1, 0.15) is 0 Å². The number of anilines is 1. The van der Waals surface area contributed by atoms with E-state index >= 15 is 0 Å². The lowest BCUT2D eigenvalue weighted by atomic mass is 10.1. The Kier molecular flexibility index (Phi) is 6.29. The van der Waals surface area contributed by atoms with Crippen molar-refractivity contribution in [2.75, 3.05) is 57.3 Å². The molecule has 0 aromatic heterocycles. The van der Waals surface area contributed by atoms with E-state index in [9.17, 15) is 0 Å². The third-order valence-electron chi connectivity index (χ3n) is 5.00. The molecule has 1 N–H and O–H groups in total. The van der Waals surface area contributed by atoms with E-state index in [0.29, 0.717) is 16.1 Å². The lowest BCUT2D eigenvalue weighted by Crippen LogP contribution is -2.55. The van der Waals surface area contributed by atoms with Gasteiger partial charge in [-0.15, -0.1) is 6.58 Å². The van der Waals surface area contributed by atoms with Crippen molar-refractivity contribution in [3.05, 3.63) is 53.2 Å². The lowest BCUT2D eigenvalue weighted by Gasteiger charge is -2.42. The van der Waals surface area contributed by atoms with Crippen LogP contribution in [0.1, 0.15) is 0 Å². The average molecular weight is 381 g/mol. The van der Waals surface area contributed by atoms with Gasteiger partial charge in [-0.2, -0.15) is 0 Å². The normalized spacial score (nSPS) is 22.1. The Labute approximate surface area is 160 Å². The number of nitrogens with zero attached hydrogens (tertiary/aromatic N) is 3. The van der Waals surface area contributed by atoms with E-state index in [-0.39, 0.29) is 0 Å². The molecular weight excluding hydrogens is 355 g/mol. The van der Waals surface area contributed by atoms with Crippen molar-refractivity contribution < 1.29 is 0 Å². The maximum atomic E-state index is 6.15. The predicted molar refractivity (Wildman–Crippen MR) is 108 cm³/mol. The van der Waals surface area contributed by atoms with E-state index < -0.39 is 0 Å². The molecule has 25 heavy (non-hydrogen) atoms. The van der Waals surface area contributed by atoms with Gasteiger partial charge in [0.25, 0.3) is 0 Å². The monoisotopic (exact) mass is 380 g/mol. The van der Waals surface area contributed by atoms with Crippen molar-refractivity contribution in [3.63, 3.8) is 0 Å². The Morgan fingerprint density at radius 1 is 1.16 bits per heavy atom. The highest BCUT2D eigenvalue weighted by Crippen LogP contribution is 2.28. The zero-order valence-corrected chi connectivity index (χ0v) is 16.1. The summed E-state index contributed by atoms with van der Waals surface area (Å²) < 4.78 is 0. The maximum absolute atomic E-state index is 6.15. The predicted octanol–water partition coefficient (Wildman–Crippen LogP) is 3.09. The van der Waals surface area contributed by atoms with E-state index in [1.165, 1.54) is 5.70 Å². The second-order valence-electron chi connectivity index (χ2n) is 6.62. The average Bonchev–Trinajstić information content (AvgIpc) is 2.64. The van der Waals surface area contributed by atoms with E-state index in [2.05, 4.69) is 33.2 Å². The van der Waals surface area contributed by atoms with Gasteiger partial charge in [-0.3, -0.25) is 4.90 Å². The molecule has 0 radical (unpaired) electrons. The molecule has 2 aliphatic rings. The van der Waals surface area contributed by atoms with E-state index in [4.69, 9.17) is 23.2 Å². The molecule has 2 fully saturated rings. The Hall–Kier alpha value is -1.20. The molecule has 0 bridgehead atoms. The fourth-order valence-electron chi connectivity index (χ4n) is 3.54. The van der Waals surface area contributed by atoms with Crippen molar-refractivity contribution in [1.29, 1.82) is 0 Å². The SMILES string of the molecule is C=CCN1CCN[C@@H](C(=C)N2CCN(c3ccc(Cl)c(Cl)c3)CC2)C1. The van der Waals surface area contributed by atoms with Crippen LogP contribution in [0.4, 0.5) is 5.69 Å². The summed E-state index contributed by atoms with van der Waals surface area (Å²) >= 11 is 12.2. The first-order valence-electron chi connectivity index (χ1n) is 8.79. The summed E-state index contributed by atoms with van der Waals surface area (Å²) in [6.45, 7) is 16.1. The number of halogens is 2. The third kappa shape index (κ3) is 4.50. The summed E-state index contributed by atoms with van der Waals surface area (Å²) in [5, 5.41) is 4.81. The van der Waals surface area contributed by atoms with Crippen LogP contribution >= 0.6 is 23.2 Å². The van der Waals surface area contributed by atoms with Crippen molar-refractivity contribution in [1.82, 2.24) is 15.1 Å². The largest absolute Gasteiger partial charge is 0.370 e. The highest BCUT2D eigenvalue weighted by molar-refractivity contribution is 6.42. The van der Waals surface area contributed by atoms with E-state index in [0.717, 1.165) is 58.0 Å². The van der Waals surface area contributed by atoms with Crippen LogP contribution in [0.25, 0.3) is 0 Å². The van der Waals surface area contributed by atoms with Crippen LogP contribution in [0.15, 0.2) is 43.1 Å². The molecule has 0 saturated carbocycles. The van der Waals surface area contributed by atoms with Gasteiger partial charge in [-0.05, 0) is 18.2 Å². The molecule has 2 heterocycles. The zero-order chi connectivity index (χ0) is 17.8. The van der Waals surface area contributed by atoms with E-state index in [1.807, 2.05) is 24.3 Å². The smallest absolute Gasteiger partial charge is 0.0612 e. The lowest BCUT2D eigenvalue weighted by molar-refractivity contribution is 0.201. The molecule has 2 saturated heterocycles. The fraction of sp³-hybridized carbons (Fsp3) is 0.474. The molecule has 3 rings (SSSR count). The molecule has 0 spiro atoms. The summed E-state index contributed by atoms with van der Waals surface area (Å²) in [7, 11) is 0. The number of rotatable bonds is 5. The first kappa shape index (κ1) is 18.6. The number of hydrogen-bond acceptors (Lipinski definition) is 4. The fourth-order valence-corrected chi connectivity index (χ4v) is 3.83. The maximum Gasteiger partial charge on any atom is 0.0612 e. The van der Waals surface area contributed by atoms with Crippen molar-refractivity contribution in [2.24, 2.45) is 0 Å². The molecule has 1 atom stereocenters. The number of nitrogens with one attached hydrogen (secondary N) is 1. The van der Waals surface area contributed by atoms with Gasteiger partial charge in [0, 0.05) is 63.7 Å². The molecule has 4 nitrogen and oxygen atoms in total. The third-order valence-corrected chi connectivity index (χ3v) is 5.74. The summed E-state index contributed by atoms with van der Waals surface area (Å²) in [4.78, 5) is 7.18. The van der Waals surface area contributed by atoms with Gasteiger partial charge in [0.2, 0.25) is 0 Å². The minimum atomic E-state index is 0.324. The van der Waals surface area contributed by atoms with Crippen LogP contribution in [0.2, 0.25) is 10.0 Å². The quantitative estimate of drug-likeness (QED) is 0.792. The highest BCUT2D eigenvalue weighted by atomic mass is 35.5. The van der Waals surface area contributed by atoms with Crippen molar-refractivity contribution in [3.8, 4) is 0 Å². The summed E-state index contributed by atoms with van der Waals surface area (Å²) in [6, 6.07) is 6.17. The standard InChI is InChI=1S/C19H26Cl2N4/c1-3-7-23-8-6-22-19(14-23)15(2)24-9-11-25(12-10-24)16-4-5-17(20)18(21)13-16/h3-5,13,19,22H,1-2,6-12,14H2/t19-/m1/s1. The Morgan fingerprint density at radius 2 is 1.92 bits per heavy atom. The number of piperazine rings is 2. The summed E-state index contributed by atoms with van der Waals surface area (Å²) in [5.74, 6) is 0. The van der Waals surface area contributed by atoms with Crippen LogP contribution in [0.3, 0.4) is 0 Å². The first-order valence-corrected chi connectivity index (χ1v) is 9.54. The molecule has 0 unspecified atom stereocenters. The van der Waals surface area contributed by atoms with E-state index in [1.54, 1.807) is 0 Å². The number of hydrogen-bond donors (Lipinski definition) is 1. The van der Waals surface area contributed by atoms with Gasteiger partial charge in [0.15, 0.2) is 0 Å². The van der Waals surface area contributed by atoms with Gasteiger partial charge in [0.05, 0.1) is 16.1 Å². The van der Waals surface area contributed by atoms with Crippen molar-refractivity contribution >= 4 is 28.9 Å². The Morgan fingerprint density at radius 3 is 2.60 bits per heavy atom. The molecule has 0 aliphatic carbocycles. The van der Waals surface area contributed by atoms with Gasteiger partial charge >= 0.3 is 0 Å². The molecule has 6 heteroatoms. The summed E-state index contributed by atoms with van der Waals surface area (Å²) in [6.07, 6.45) is 1.97. The molecule has 2 aliphatic heterocycles. The first-order chi connectivity index (χ1) is 12.1. The zero-order valence-electron chi connectivity index (χ0n) is 14.6. The topological polar surface area (TPSA) is 21.8 Å². The van der Waals surface area contributed by atoms with Crippen LogP contribution in [0.5, 0.6) is 0 Å². The van der Waals surface area contributed by atoms with Crippen LogP contribution in [-0.4, -0.2) is 68.2 Å². The van der Waals surface area contributed by atoms with Crippen LogP contribution < -0.4 is 10.2 Å². The molecule has 1 aromatic carbocycles. The Balaban J connectivity index is 1.55. The summed E-state index contributed by atoms with van der Waals surface area (Å²) in [5.41, 5.74) is 2.33. The minimum Gasteiger partial charge on any atom is -0.370 e. The molecule has 0 amide bonds. The minimum absolute atomic E-state index is 0.324. The molecular formula is C19H26Cl2N4. The second kappa shape index (κ2) is 8.45. The van der Waals surface area contributed by atoms with Gasteiger partial charge in [-0.25, -0.2) is 0 Å². The molecule has 1 aromatic rings. The van der Waals surface area contributed by atoms with Crippen molar-refractivity contribution in [2.45, 2.75) is 6.04 Å². The highest BCUT2D eigenvalue weighted by Gasteiger charge is 2.26. The number of benzene rings is 1. The van der Waals surface area contributed by atoms with Gasteiger partial charge < -0.3 is 15.1 Å². The molecule has 136 valence electrons. The second-order valence-corrected chi connectivity index (χ2v) is 7.43. The van der Waals surface area contributed by atoms with Crippen LogP contribution in [0, 0.1) is 0 Å².